The fourth-order valence-electron chi connectivity index (χ4n) is 0.995. The van der Waals surface area contributed by atoms with Gasteiger partial charge in [-0.2, -0.15) is 0 Å². The van der Waals surface area contributed by atoms with Crippen molar-refractivity contribution in [3.8, 4) is 0 Å². The maximum Gasteiger partial charge on any atom is 0.169 e. The number of ketones is 1. The van der Waals surface area contributed by atoms with Crippen molar-refractivity contribution >= 4 is 23.8 Å². The Balaban J connectivity index is 3.17. The maximum atomic E-state index is 11.3. The number of nitrogens with two attached hydrogens (primary N) is 1. The van der Waals surface area contributed by atoms with Crippen LogP contribution in [0.3, 0.4) is 0 Å². The molecule has 80 valence electrons. The smallest absolute Gasteiger partial charge is 0.169 e. The molecule has 6 heteroatoms. The number of carbonyl (C=O) groups excluding carboxylic acids is 1. The molecular weight excluding hydrogens is 194 g/mol. The van der Waals surface area contributed by atoms with Crippen LogP contribution in [0.1, 0.15) is 17.3 Å². The number of nitrogens with zero attached hydrogens (tertiary/aromatic N) is 4. The number of aliphatic imine (C=N–C) groups is 1. The number of hydrogen-bond acceptors (Lipinski definition) is 5. The predicted molar refractivity (Wildman–Crippen MR) is 58.3 cm³/mol. The number of rotatable bonds is 3. The summed E-state index contributed by atoms with van der Waals surface area (Å²) in [4.78, 5) is 24.7. The van der Waals surface area contributed by atoms with Gasteiger partial charge >= 0.3 is 0 Å². The van der Waals surface area contributed by atoms with Crippen LogP contribution in [-0.4, -0.2) is 41.1 Å². The van der Waals surface area contributed by atoms with Crippen LogP contribution in [-0.2, 0) is 0 Å². The number of carbonyl (C=O) groups is 1. The highest BCUT2D eigenvalue weighted by atomic mass is 16.1. The summed E-state index contributed by atoms with van der Waals surface area (Å²) in [5, 5.41) is 0. The van der Waals surface area contributed by atoms with Crippen molar-refractivity contribution in [1.82, 2.24) is 14.9 Å². The highest BCUT2D eigenvalue weighted by Gasteiger charge is 2.12. The minimum Gasteiger partial charge on any atom is -0.383 e. The Hall–Kier alpha value is -1.98. The van der Waals surface area contributed by atoms with E-state index in [1.807, 2.05) is 14.1 Å². The minimum atomic E-state index is -0.195. The lowest BCUT2D eigenvalue weighted by atomic mass is 10.2. The molecule has 0 aromatic carbocycles. The zero-order valence-electron chi connectivity index (χ0n) is 8.93. The molecule has 0 radical (unpaired) electrons. The van der Waals surface area contributed by atoms with E-state index in [-0.39, 0.29) is 17.2 Å². The molecule has 1 aromatic heterocycles. The van der Waals surface area contributed by atoms with Gasteiger partial charge in [-0.1, -0.05) is 0 Å². The number of anilines is 1. The topological polar surface area (TPSA) is 84.5 Å². The lowest BCUT2D eigenvalue weighted by molar-refractivity contribution is 0.101. The molecule has 0 bridgehead atoms. The molecule has 0 unspecified atom stereocenters. The Kier molecular flexibility index (Phi) is 3.33. The molecule has 0 fully saturated rings. The molecule has 6 nitrogen and oxygen atoms in total. The molecule has 0 aliphatic carbocycles. The van der Waals surface area contributed by atoms with Crippen LogP contribution in [0.4, 0.5) is 11.6 Å². The third kappa shape index (κ3) is 2.73. The summed E-state index contributed by atoms with van der Waals surface area (Å²) in [5.41, 5.74) is 5.83. The largest absolute Gasteiger partial charge is 0.383 e. The first kappa shape index (κ1) is 11.1. The lowest BCUT2D eigenvalue weighted by Gasteiger charge is -2.05. The summed E-state index contributed by atoms with van der Waals surface area (Å²) < 4.78 is 0. The van der Waals surface area contributed by atoms with Crippen molar-refractivity contribution in [3.63, 3.8) is 0 Å². The van der Waals surface area contributed by atoms with Crippen LogP contribution < -0.4 is 5.73 Å². The first-order chi connectivity index (χ1) is 7.02. The molecule has 0 aliphatic heterocycles. The molecule has 1 aromatic rings. The lowest BCUT2D eigenvalue weighted by Crippen LogP contribution is -2.08. The molecule has 1 rings (SSSR count). The zero-order chi connectivity index (χ0) is 11.4. The molecule has 0 amide bonds. The van der Waals surface area contributed by atoms with E-state index in [1.54, 1.807) is 11.2 Å². The van der Waals surface area contributed by atoms with Crippen molar-refractivity contribution in [1.29, 1.82) is 0 Å². The number of Topliss-reactive ketones (excluding diaryl/α,β-unsaturated/α-hetero) is 1. The van der Waals surface area contributed by atoms with Gasteiger partial charge < -0.3 is 10.6 Å². The molecule has 0 aliphatic rings. The molecule has 2 N–H and O–H groups in total. The highest BCUT2D eigenvalue weighted by Crippen LogP contribution is 2.19. The number of aromatic nitrogens is 2. The van der Waals surface area contributed by atoms with E-state index in [0.29, 0.717) is 5.82 Å². The second-order valence-electron chi connectivity index (χ2n) is 3.22. The third-order valence-electron chi connectivity index (χ3n) is 1.62. The van der Waals surface area contributed by atoms with Gasteiger partial charge in [-0.3, -0.25) is 4.79 Å². The first-order valence-electron chi connectivity index (χ1n) is 4.34. The van der Waals surface area contributed by atoms with E-state index >= 15 is 0 Å². The molecule has 1 heterocycles. The van der Waals surface area contributed by atoms with Crippen LogP contribution in [0.25, 0.3) is 0 Å². The second kappa shape index (κ2) is 4.50. The van der Waals surface area contributed by atoms with E-state index < -0.39 is 0 Å². The molecular formula is C9H13N5O. The van der Waals surface area contributed by atoms with Gasteiger partial charge in [0.2, 0.25) is 0 Å². The zero-order valence-corrected chi connectivity index (χ0v) is 8.93. The Labute approximate surface area is 87.9 Å². The first-order valence-corrected chi connectivity index (χ1v) is 4.34. The van der Waals surface area contributed by atoms with Gasteiger partial charge in [0.1, 0.15) is 17.7 Å². The Morgan fingerprint density at radius 2 is 2.20 bits per heavy atom. The molecule has 0 saturated heterocycles. The van der Waals surface area contributed by atoms with Crippen LogP contribution in [0.5, 0.6) is 0 Å². The van der Waals surface area contributed by atoms with Gasteiger partial charge in [0.25, 0.3) is 0 Å². The van der Waals surface area contributed by atoms with Gasteiger partial charge in [-0.15, -0.1) is 0 Å². The van der Waals surface area contributed by atoms with Gasteiger partial charge in [0.05, 0.1) is 6.34 Å². The van der Waals surface area contributed by atoms with Crippen molar-refractivity contribution in [2.45, 2.75) is 6.92 Å². The third-order valence-corrected chi connectivity index (χ3v) is 1.62. The second-order valence-corrected chi connectivity index (χ2v) is 3.22. The minimum absolute atomic E-state index is 0.156. The Bertz CT molecular complexity index is 399. The summed E-state index contributed by atoms with van der Waals surface area (Å²) >= 11 is 0. The average molecular weight is 207 g/mol. The molecule has 0 atom stereocenters. The standard InChI is InChI=1S/C9H13N5O/c1-6(15)7-8(10)11-4-12-9(7)13-5-14(2)3/h4-5H,1-3H3,(H2,10,11,12)/b13-5+. The number of hydrogen-bond donors (Lipinski definition) is 1. The van der Waals surface area contributed by atoms with Gasteiger partial charge in [-0.25, -0.2) is 15.0 Å². The van der Waals surface area contributed by atoms with Crippen molar-refractivity contribution < 1.29 is 4.79 Å². The van der Waals surface area contributed by atoms with Gasteiger partial charge in [-0.05, 0) is 6.92 Å². The van der Waals surface area contributed by atoms with Gasteiger partial charge in [0.15, 0.2) is 11.6 Å². The van der Waals surface area contributed by atoms with E-state index in [9.17, 15) is 4.79 Å². The maximum absolute atomic E-state index is 11.3. The molecule has 0 spiro atoms. The van der Waals surface area contributed by atoms with E-state index in [4.69, 9.17) is 5.73 Å². The summed E-state index contributed by atoms with van der Waals surface area (Å²) in [6, 6.07) is 0. The van der Waals surface area contributed by atoms with Crippen LogP contribution in [0.2, 0.25) is 0 Å². The van der Waals surface area contributed by atoms with Crippen molar-refractivity contribution in [3.05, 3.63) is 11.9 Å². The summed E-state index contributed by atoms with van der Waals surface area (Å²) in [6.07, 6.45) is 2.83. The highest BCUT2D eigenvalue weighted by molar-refractivity contribution is 6.02. The fourth-order valence-corrected chi connectivity index (χ4v) is 0.995. The van der Waals surface area contributed by atoms with Crippen molar-refractivity contribution in [2.24, 2.45) is 4.99 Å². The monoisotopic (exact) mass is 207 g/mol. The number of nitrogen functional groups attached to an aromatic ring is 1. The van der Waals surface area contributed by atoms with Crippen LogP contribution in [0, 0.1) is 0 Å². The normalized spacial score (nSPS) is 10.6. The van der Waals surface area contributed by atoms with Gasteiger partial charge in [0, 0.05) is 14.1 Å². The summed E-state index contributed by atoms with van der Waals surface area (Å²) in [6.45, 7) is 1.41. The van der Waals surface area contributed by atoms with Crippen molar-refractivity contribution in [2.75, 3.05) is 19.8 Å². The van der Waals surface area contributed by atoms with E-state index in [0.717, 1.165) is 0 Å². The average Bonchev–Trinajstić information content (AvgIpc) is 2.13. The summed E-state index contributed by atoms with van der Waals surface area (Å²) in [7, 11) is 3.64. The SMILES string of the molecule is CC(=O)c1c(N)ncnc1/N=C/N(C)C. The molecule has 15 heavy (non-hydrogen) atoms. The van der Waals surface area contributed by atoms with E-state index in [2.05, 4.69) is 15.0 Å². The molecule has 0 saturated carbocycles. The summed E-state index contributed by atoms with van der Waals surface area (Å²) in [5.74, 6) is 0.256. The Morgan fingerprint density at radius 3 is 2.73 bits per heavy atom. The van der Waals surface area contributed by atoms with Crippen LogP contribution in [0.15, 0.2) is 11.3 Å². The Morgan fingerprint density at radius 1 is 1.53 bits per heavy atom. The van der Waals surface area contributed by atoms with E-state index in [1.165, 1.54) is 13.3 Å². The fraction of sp³-hybridized carbons (Fsp3) is 0.333. The van der Waals surface area contributed by atoms with Crippen LogP contribution >= 0.6 is 0 Å². The predicted octanol–water partition coefficient (Wildman–Crippen LogP) is 0.483. The quantitative estimate of drug-likeness (QED) is 0.442.